The third-order valence-corrected chi connectivity index (χ3v) is 2.32. The lowest BCUT2D eigenvalue weighted by Gasteiger charge is -2.22. The van der Waals surface area contributed by atoms with Crippen molar-refractivity contribution in [3.8, 4) is 0 Å². The maximum Gasteiger partial charge on any atom is 0.186 e. The Kier molecular flexibility index (Phi) is 3.82. The van der Waals surface area contributed by atoms with Crippen molar-refractivity contribution in [2.24, 2.45) is 0 Å². The first kappa shape index (κ1) is 11.8. The molecule has 1 rings (SSSR count). The summed E-state index contributed by atoms with van der Waals surface area (Å²) in [5, 5.41) is 37.3. The molecule has 1 heterocycles. The minimum atomic E-state index is -1.26. The fraction of sp³-hybridized carbons (Fsp3) is 1.00. The van der Waals surface area contributed by atoms with Gasteiger partial charge in [0.05, 0.1) is 6.10 Å². The Bertz CT molecular complexity index is 185. The van der Waals surface area contributed by atoms with Gasteiger partial charge < -0.3 is 29.9 Å². The standard InChI is InChI=1S/C8H16O6/c1-3(9)4(10)7-5(11)6(12)8(13-2)14-7/h3-12H,1-2H3/t3-,4+,5-,6+,7-,8-/m1/s1. The van der Waals surface area contributed by atoms with E-state index < -0.39 is 36.8 Å². The maximum absolute atomic E-state index is 9.45. The van der Waals surface area contributed by atoms with Crippen molar-refractivity contribution in [3.05, 3.63) is 0 Å². The van der Waals surface area contributed by atoms with Crippen LogP contribution in [0.4, 0.5) is 0 Å². The molecule has 0 aromatic rings. The van der Waals surface area contributed by atoms with Gasteiger partial charge in [0.1, 0.15) is 24.4 Å². The lowest BCUT2D eigenvalue weighted by molar-refractivity contribution is -0.173. The summed E-state index contributed by atoms with van der Waals surface area (Å²) < 4.78 is 9.75. The van der Waals surface area contributed by atoms with Crippen molar-refractivity contribution in [1.29, 1.82) is 0 Å². The van der Waals surface area contributed by atoms with Gasteiger partial charge in [-0.25, -0.2) is 0 Å². The van der Waals surface area contributed by atoms with Gasteiger partial charge >= 0.3 is 0 Å². The van der Waals surface area contributed by atoms with Crippen LogP contribution in [0, 0.1) is 0 Å². The Balaban J connectivity index is 2.64. The highest BCUT2D eigenvalue weighted by Crippen LogP contribution is 2.25. The smallest absolute Gasteiger partial charge is 0.186 e. The highest BCUT2D eigenvalue weighted by molar-refractivity contribution is 4.92. The predicted molar refractivity (Wildman–Crippen MR) is 45.4 cm³/mol. The lowest BCUT2D eigenvalue weighted by Crippen LogP contribution is -2.43. The Hall–Kier alpha value is -0.240. The molecule has 0 unspecified atom stereocenters. The van der Waals surface area contributed by atoms with Crippen molar-refractivity contribution in [1.82, 2.24) is 0 Å². The zero-order valence-corrected chi connectivity index (χ0v) is 8.07. The second kappa shape index (κ2) is 4.52. The first-order chi connectivity index (χ1) is 6.49. The summed E-state index contributed by atoms with van der Waals surface area (Å²) in [4.78, 5) is 0. The van der Waals surface area contributed by atoms with E-state index in [4.69, 9.17) is 14.6 Å². The number of hydrogen-bond donors (Lipinski definition) is 4. The number of ether oxygens (including phenoxy) is 2. The zero-order chi connectivity index (χ0) is 10.9. The molecule has 0 amide bonds. The van der Waals surface area contributed by atoms with Crippen LogP contribution in [0.15, 0.2) is 0 Å². The third-order valence-electron chi connectivity index (χ3n) is 2.32. The summed E-state index contributed by atoms with van der Waals surface area (Å²) in [7, 11) is 1.32. The van der Waals surface area contributed by atoms with E-state index in [0.29, 0.717) is 0 Å². The molecule has 4 N–H and O–H groups in total. The van der Waals surface area contributed by atoms with Gasteiger partial charge in [0.25, 0.3) is 0 Å². The van der Waals surface area contributed by atoms with Crippen LogP contribution in [0.5, 0.6) is 0 Å². The van der Waals surface area contributed by atoms with Gasteiger partial charge in [-0.3, -0.25) is 0 Å². The molecule has 0 aromatic carbocycles. The molecule has 0 aliphatic carbocycles. The van der Waals surface area contributed by atoms with Gasteiger partial charge in [0, 0.05) is 7.11 Å². The first-order valence-electron chi connectivity index (χ1n) is 4.39. The quantitative estimate of drug-likeness (QED) is 0.421. The number of hydrogen-bond acceptors (Lipinski definition) is 6. The average Bonchev–Trinajstić information content (AvgIpc) is 2.43. The van der Waals surface area contributed by atoms with Crippen LogP contribution in [0.3, 0.4) is 0 Å². The van der Waals surface area contributed by atoms with Gasteiger partial charge in [-0.2, -0.15) is 0 Å². The van der Waals surface area contributed by atoms with E-state index in [9.17, 15) is 15.3 Å². The summed E-state index contributed by atoms with van der Waals surface area (Å²) in [5.41, 5.74) is 0. The van der Waals surface area contributed by atoms with Crippen LogP contribution in [0.25, 0.3) is 0 Å². The molecule has 14 heavy (non-hydrogen) atoms. The highest BCUT2D eigenvalue weighted by Gasteiger charge is 2.47. The zero-order valence-electron chi connectivity index (χ0n) is 8.07. The van der Waals surface area contributed by atoms with E-state index in [1.54, 1.807) is 0 Å². The van der Waals surface area contributed by atoms with E-state index in [1.807, 2.05) is 0 Å². The van der Waals surface area contributed by atoms with Gasteiger partial charge in [-0.15, -0.1) is 0 Å². The van der Waals surface area contributed by atoms with Gasteiger partial charge in [0.15, 0.2) is 6.29 Å². The molecule has 6 nitrogen and oxygen atoms in total. The minimum absolute atomic E-state index is 0.969. The van der Waals surface area contributed by atoms with Gasteiger partial charge in [-0.05, 0) is 6.92 Å². The molecule has 0 bridgehead atoms. The Morgan fingerprint density at radius 3 is 2.14 bits per heavy atom. The Morgan fingerprint density at radius 1 is 1.21 bits per heavy atom. The molecule has 1 aliphatic rings. The number of aliphatic hydroxyl groups is 4. The minimum Gasteiger partial charge on any atom is -0.391 e. The molecular formula is C8H16O6. The maximum atomic E-state index is 9.45. The monoisotopic (exact) mass is 208 g/mol. The van der Waals surface area contributed by atoms with Gasteiger partial charge in [-0.1, -0.05) is 0 Å². The van der Waals surface area contributed by atoms with E-state index in [1.165, 1.54) is 14.0 Å². The van der Waals surface area contributed by atoms with Crippen molar-refractivity contribution in [2.75, 3.05) is 7.11 Å². The molecule has 1 fully saturated rings. The molecule has 0 aromatic heterocycles. The molecule has 0 radical (unpaired) electrons. The SMILES string of the molecule is CO[C@@H]1O[C@H]([C@@H](O)[C@@H](C)O)[C@H](O)[C@@H]1O. The summed E-state index contributed by atoms with van der Waals surface area (Å²) in [6.45, 7) is 1.37. The molecule has 6 atom stereocenters. The molecule has 0 spiro atoms. The number of rotatable bonds is 3. The molecule has 0 saturated carbocycles. The molecule has 84 valence electrons. The van der Waals surface area contributed by atoms with Crippen LogP contribution in [-0.4, -0.2) is 64.3 Å². The van der Waals surface area contributed by atoms with E-state index in [2.05, 4.69) is 0 Å². The fourth-order valence-electron chi connectivity index (χ4n) is 1.42. The van der Waals surface area contributed by atoms with Crippen LogP contribution in [-0.2, 0) is 9.47 Å². The molecule has 1 saturated heterocycles. The predicted octanol–water partition coefficient (Wildman–Crippen LogP) is -2.18. The number of aliphatic hydroxyl groups excluding tert-OH is 4. The summed E-state index contributed by atoms with van der Waals surface area (Å²) in [6, 6.07) is 0. The van der Waals surface area contributed by atoms with Crippen molar-refractivity contribution < 1.29 is 29.9 Å². The number of methoxy groups -OCH3 is 1. The van der Waals surface area contributed by atoms with E-state index in [0.717, 1.165) is 0 Å². The summed E-state index contributed by atoms with van der Waals surface area (Å²) in [5.74, 6) is 0. The summed E-state index contributed by atoms with van der Waals surface area (Å²) >= 11 is 0. The summed E-state index contributed by atoms with van der Waals surface area (Å²) in [6.07, 6.45) is -6.77. The average molecular weight is 208 g/mol. The Morgan fingerprint density at radius 2 is 1.79 bits per heavy atom. The van der Waals surface area contributed by atoms with Crippen molar-refractivity contribution in [2.45, 2.75) is 43.7 Å². The van der Waals surface area contributed by atoms with E-state index >= 15 is 0 Å². The van der Waals surface area contributed by atoms with Crippen LogP contribution in [0.1, 0.15) is 6.92 Å². The molecule has 6 heteroatoms. The highest BCUT2D eigenvalue weighted by atomic mass is 16.7. The lowest BCUT2D eigenvalue weighted by atomic mass is 10.0. The largest absolute Gasteiger partial charge is 0.391 e. The van der Waals surface area contributed by atoms with Crippen LogP contribution < -0.4 is 0 Å². The molecule has 1 aliphatic heterocycles. The molecular weight excluding hydrogens is 192 g/mol. The van der Waals surface area contributed by atoms with E-state index in [-0.39, 0.29) is 0 Å². The first-order valence-corrected chi connectivity index (χ1v) is 4.39. The topological polar surface area (TPSA) is 99.4 Å². The second-order valence-corrected chi connectivity index (χ2v) is 3.42. The van der Waals surface area contributed by atoms with Gasteiger partial charge in [0.2, 0.25) is 0 Å². The fourth-order valence-corrected chi connectivity index (χ4v) is 1.42. The van der Waals surface area contributed by atoms with Crippen LogP contribution in [0.2, 0.25) is 0 Å². The Labute approximate surface area is 81.7 Å². The van der Waals surface area contributed by atoms with Crippen LogP contribution >= 0.6 is 0 Å². The van der Waals surface area contributed by atoms with Crippen molar-refractivity contribution in [3.63, 3.8) is 0 Å². The third kappa shape index (κ3) is 2.05. The second-order valence-electron chi connectivity index (χ2n) is 3.42. The van der Waals surface area contributed by atoms with Crippen molar-refractivity contribution >= 4 is 0 Å². The normalized spacial score (nSPS) is 42.4.